The summed E-state index contributed by atoms with van der Waals surface area (Å²) in [6.07, 6.45) is 3.97. The molecule has 2 unspecified atom stereocenters. The van der Waals surface area contributed by atoms with Crippen LogP contribution < -0.4 is 0 Å². The lowest BCUT2D eigenvalue weighted by atomic mass is 9.80. The van der Waals surface area contributed by atoms with E-state index in [4.69, 9.17) is 0 Å². The molecular weight excluding hydrogens is 162 g/mol. The Bertz CT molecular complexity index is 222. The van der Waals surface area contributed by atoms with E-state index < -0.39 is 0 Å². The van der Waals surface area contributed by atoms with E-state index in [1.54, 1.807) is 4.90 Å². The zero-order valence-electron chi connectivity index (χ0n) is 8.79. The molecule has 0 N–H and O–H groups in total. The van der Waals surface area contributed by atoms with Crippen molar-refractivity contribution in [3.63, 3.8) is 0 Å². The van der Waals surface area contributed by atoms with Gasteiger partial charge < -0.3 is 4.90 Å². The van der Waals surface area contributed by atoms with Crippen LogP contribution in [0.15, 0.2) is 0 Å². The molecule has 74 valence electrons. The van der Waals surface area contributed by atoms with Crippen LogP contribution in [0.2, 0.25) is 0 Å². The van der Waals surface area contributed by atoms with Gasteiger partial charge in [0.05, 0.1) is 0 Å². The second-order valence-corrected chi connectivity index (χ2v) is 4.95. The minimum absolute atomic E-state index is 0.341. The number of hydrogen-bond acceptors (Lipinski definition) is 1. The van der Waals surface area contributed by atoms with Gasteiger partial charge in [0.1, 0.15) is 0 Å². The van der Waals surface area contributed by atoms with Crippen molar-refractivity contribution in [3.8, 4) is 0 Å². The van der Waals surface area contributed by atoms with Gasteiger partial charge in [-0.15, -0.1) is 0 Å². The average molecular weight is 181 g/mol. The Morgan fingerprint density at radius 1 is 1.23 bits per heavy atom. The molecule has 0 saturated heterocycles. The first kappa shape index (κ1) is 9.04. The van der Waals surface area contributed by atoms with E-state index in [2.05, 4.69) is 6.92 Å². The first-order chi connectivity index (χ1) is 6.11. The van der Waals surface area contributed by atoms with Gasteiger partial charge in [-0.1, -0.05) is 6.92 Å². The minimum Gasteiger partial charge on any atom is -0.349 e. The third-order valence-corrected chi connectivity index (χ3v) is 4.06. The van der Waals surface area contributed by atoms with Crippen LogP contribution in [0, 0.1) is 23.7 Å². The summed E-state index contributed by atoms with van der Waals surface area (Å²) in [6.45, 7) is 2.26. The van der Waals surface area contributed by atoms with Gasteiger partial charge in [-0.05, 0) is 37.0 Å². The maximum atomic E-state index is 11.9. The Morgan fingerprint density at radius 2 is 1.85 bits per heavy atom. The normalized spacial score (nSPS) is 42.4. The molecule has 0 aliphatic heterocycles. The van der Waals surface area contributed by atoms with E-state index in [0.717, 1.165) is 5.92 Å². The lowest BCUT2D eigenvalue weighted by Crippen LogP contribution is -2.36. The van der Waals surface area contributed by atoms with Crippen LogP contribution in [0.5, 0.6) is 0 Å². The zero-order chi connectivity index (χ0) is 9.59. The van der Waals surface area contributed by atoms with Crippen LogP contribution in [-0.2, 0) is 4.79 Å². The molecule has 0 heterocycles. The third kappa shape index (κ3) is 1.27. The predicted molar refractivity (Wildman–Crippen MR) is 52.2 cm³/mol. The second kappa shape index (κ2) is 3.00. The van der Waals surface area contributed by atoms with Crippen LogP contribution >= 0.6 is 0 Å². The highest BCUT2D eigenvalue weighted by atomic mass is 16.2. The standard InChI is InChI=1S/C11H19NO/c1-7-8-4-5-9(6-8)10(7)11(13)12(2)3/h7-10H,4-6H2,1-3H3/t7-,8?,9?,10-/m1/s1. The third-order valence-electron chi connectivity index (χ3n) is 4.06. The molecule has 0 spiro atoms. The highest BCUT2D eigenvalue weighted by Crippen LogP contribution is 2.52. The van der Waals surface area contributed by atoms with Gasteiger partial charge in [0, 0.05) is 20.0 Å². The quantitative estimate of drug-likeness (QED) is 0.603. The second-order valence-electron chi connectivity index (χ2n) is 4.95. The van der Waals surface area contributed by atoms with Gasteiger partial charge in [0.15, 0.2) is 0 Å². The van der Waals surface area contributed by atoms with Crippen molar-refractivity contribution in [2.75, 3.05) is 14.1 Å². The molecule has 2 fully saturated rings. The van der Waals surface area contributed by atoms with Crippen LogP contribution in [0.1, 0.15) is 26.2 Å². The first-order valence-corrected chi connectivity index (χ1v) is 5.32. The molecule has 2 aliphatic carbocycles. The molecule has 0 aromatic carbocycles. The van der Waals surface area contributed by atoms with Crippen molar-refractivity contribution in [1.29, 1.82) is 0 Å². The van der Waals surface area contributed by atoms with Crippen LogP contribution in [0.25, 0.3) is 0 Å². The maximum absolute atomic E-state index is 11.9. The number of amides is 1. The summed E-state index contributed by atoms with van der Waals surface area (Å²) in [5.41, 5.74) is 0. The van der Waals surface area contributed by atoms with Crippen LogP contribution in [0.3, 0.4) is 0 Å². The first-order valence-electron chi connectivity index (χ1n) is 5.32. The van der Waals surface area contributed by atoms with Crippen molar-refractivity contribution in [1.82, 2.24) is 4.90 Å². The van der Waals surface area contributed by atoms with Crippen molar-refractivity contribution in [3.05, 3.63) is 0 Å². The fourth-order valence-electron chi connectivity index (χ4n) is 3.30. The SMILES string of the molecule is C[C@@H]1C2CCC(C2)[C@@H]1C(=O)N(C)C. The summed E-state index contributed by atoms with van der Waals surface area (Å²) in [5, 5.41) is 0. The molecule has 1 amide bonds. The summed E-state index contributed by atoms with van der Waals surface area (Å²) in [6, 6.07) is 0. The number of rotatable bonds is 1. The number of carbonyl (C=O) groups is 1. The van der Waals surface area contributed by atoms with Gasteiger partial charge in [0.25, 0.3) is 0 Å². The molecule has 0 radical (unpaired) electrons. The lowest BCUT2D eigenvalue weighted by Gasteiger charge is -2.29. The van der Waals surface area contributed by atoms with Gasteiger partial charge in [-0.25, -0.2) is 0 Å². The molecule has 2 rings (SSSR count). The summed E-state index contributed by atoms with van der Waals surface area (Å²) in [4.78, 5) is 13.6. The summed E-state index contributed by atoms with van der Waals surface area (Å²) in [7, 11) is 3.75. The summed E-state index contributed by atoms with van der Waals surface area (Å²) >= 11 is 0. The molecule has 2 aliphatic rings. The summed E-state index contributed by atoms with van der Waals surface area (Å²) in [5.74, 6) is 2.89. The highest BCUT2D eigenvalue weighted by molar-refractivity contribution is 5.79. The van der Waals surface area contributed by atoms with Crippen molar-refractivity contribution in [2.45, 2.75) is 26.2 Å². The molecule has 2 heteroatoms. The zero-order valence-corrected chi connectivity index (χ0v) is 8.79. The molecule has 13 heavy (non-hydrogen) atoms. The Kier molecular flexibility index (Phi) is 2.09. The number of hydrogen-bond donors (Lipinski definition) is 0. The lowest BCUT2D eigenvalue weighted by molar-refractivity contribution is -0.136. The predicted octanol–water partition coefficient (Wildman–Crippen LogP) is 1.76. The van der Waals surface area contributed by atoms with E-state index in [1.165, 1.54) is 19.3 Å². The van der Waals surface area contributed by atoms with Crippen molar-refractivity contribution in [2.24, 2.45) is 23.7 Å². The minimum atomic E-state index is 0.341. The molecule has 4 atom stereocenters. The Hall–Kier alpha value is -0.530. The monoisotopic (exact) mass is 181 g/mol. The molecular formula is C11H19NO. The van der Waals surface area contributed by atoms with Gasteiger partial charge >= 0.3 is 0 Å². The fraction of sp³-hybridized carbons (Fsp3) is 0.909. The topological polar surface area (TPSA) is 20.3 Å². The van der Waals surface area contributed by atoms with Crippen molar-refractivity contribution < 1.29 is 4.79 Å². The molecule has 2 nitrogen and oxygen atoms in total. The van der Waals surface area contributed by atoms with Gasteiger partial charge in [-0.3, -0.25) is 4.79 Å². The maximum Gasteiger partial charge on any atom is 0.225 e. The summed E-state index contributed by atoms with van der Waals surface area (Å²) < 4.78 is 0. The van der Waals surface area contributed by atoms with E-state index in [0.29, 0.717) is 23.7 Å². The van der Waals surface area contributed by atoms with E-state index in [1.807, 2.05) is 14.1 Å². The molecule has 0 aromatic heterocycles. The van der Waals surface area contributed by atoms with Gasteiger partial charge in [-0.2, -0.15) is 0 Å². The Balaban J connectivity index is 2.12. The fourth-order valence-corrected chi connectivity index (χ4v) is 3.30. The van der Waals surface area contributed by atoms with Gasteiger partial charge in [0.2, 0.25) is 5.91 Å². The molecule has 0 aromatic rings. The van der Waals surface area contributed by atoms with Crippen LogP contribution in [-0.4, -0.2) is 24.9 Å². The molecule has 2 bridgehead atoms. The largest absolute Gasteiger partial charge is 0.349 e. The number of fused-ring (bicyclic) bond motifs is 2. The van der Waals surface area contributed by atoms with E-state index in [-0.39, 0.29) is 0 Å². The number of carbonyl (C=O) groups excluding carboxylic acids is 1. The van der Waals surface area contributed by atoms with Crippen molar-refractivity contribution >= 4 is 5.91 Å². The van der Waals surface area contributed by atoms with E-state index in [9.17, 15) is 4.79 Å². The Morgan fingerprint density at radius 3 is 2.31 bits per heavy atom. The highest BCUT2D eigenvalue weighted by Gasteiger charge is 2.48. The Labute approximate surface area is 80.3 Å². The smallest absolute Gasteiger partial charge is 0.225 e. The van der Waals surface area contributed by atoms with Crippen LogP contribution in [0.4, 0.5) is 0 Å². The number of nitrogens with zero attached hydrogens (tertiary/aromatic N) is 1. The average Bonchev–Trinajstić information content (AvgIpc) is 2.62. The van der Waals surface area contributed by atoms with E-state index >= 15 is 0 Å². The molecule has 2 saturated carbocycles.